The molecule has 0 radical (unpaired) electrons. The Bertz CT molecular complexity index is 1240. The van der Waals surface area contributed by atoms with Gasteiger partial charge >= 0.3 is 17.4 Å². The summed E-state index contributed by atoms with van der Waals surface area (Å²) in [5.74, 6) is 0. The molecule has 5 rings (SSSR count). The molecule has 1 atom stereocenters. The number of carbonyl (C=O) groups excluding carboxylic acids is 1. The average molecular weight is 467 g/mol. The summed E-state index contributed by atoms with van der Waals surface area (Å²) in [5.41, 5.74) is 3.78. The second-order valence-electron chi connectivity index (χ2n) is 8.90. The van der Waals surface area contributed by atoms with E-state index >= 15 is 0 Å². The number of para-hydroxylation sites is 1. The van der Waals surface area contributed by atoms with Crippen LogP contribution in [0.4, 0.5) is 21.9 Å². The van der Waals surface area contributed by atoms with Crippen LogP contribution in [0.25, 0.3) is 10.8 Å². The molecule has 1 N–H and O–H groups in total. The van der Waals surface area contributed by atoms with Crippen molar-refractivity contribution in [3.8, 4) is 0 Å². The van der Waals surface area contributed by atoms with Crippen LogP contribution in [0.2, 0.25) is 0 Å². The van der Waals surface area contributed by atoms with E-state index in [9.17, 15) is 13.6 Å². The van der Waals surface area contributed by atoms with Crippen molar-refractivity contribution < 1.29 is 18.3 Å². The lowest BCUT2D eigenvalue weighted by Crippen LogP contribution is -2.59. The van der Waals surface area contributed by atoms with E-state index in [1.807, 2.05) is 62.6 Å². The summed E-state index contributed by atoms with van der Waals surface area (Å²) >= 11 is -2.12. The number of quaternary nitrogens is 1. The summed E-state index contributed by atoms with van der Waals surface area (Å²) in [6.07, 6.45) is 0.850. The van der Waals surface area contributed by atoms with E-state index < -0.39 is 11.3 Å². The number of nitrogens with zero attached hydrogens (tertiary/aromatic N) is 3. The van der Waals surface area contributed by atoms with Gasteiger partial charge in [0.05, 0.1) is 11.7 Å². The Morgan fingerprint density at radius 2 is 1.70 bits per heavy atom. The van der Waals surface area contributed by atoms with Crippen LogP contribution >= 0.6 is 0 Å². The van der Waals surface area contributed by atoms with E-state index in [0.29, 0.717) is 25.9 Å². The number of fused-ring (bicyclic) bond motifs is 2. The Morgan fingerprint density at radius 3 is 2.42 bits per heavy atom. The molecule has 1 saturated heterocycles. The summed E-state index contributed by atoms with van der Waals surface area (Å²) in [6.45, 7) is 1.18. The Kier molecular flexibility index (Phi) is 5.60. The van der Waals surface area contributed by atoms with Gasteiger partial charge < -0.3 is 9.64 Å². The lowest BCUT2D eigenvalue weighted by atomic mass is 9.98. The van der Waals surface area contributed by atoms with E-state index in [4.69, 9.17) is 4.74 Å². The van der Waals surface area contributed by atoms with Crippen LogP contribution in [-0.2, 0) is 22.6 Å². The molecule has 0 bridgehead atoms. The lowest BCUT2D eigenvalue weighted by molar-refractivity contribution is 0.136. The molecule has 172 valence electrons. The number of rotatable bonds is 4. The van der Waals surface area contributed by atoms with Crippen LogP contribution in [0, 0.1) is 0 Å². The van der Waals surface area contributed by atoms with Gasteiger partial charge in [0.15, 0.2) is 5.69 Å². The Hall–Kier alpha value is -2.94. The molecule has 33 heavy (non-hydrogen) atoms. The second kappa shape index (κ2) is 8.44. The number of anilines is 2. The minimum atomic E-state index is -2.12. The standard InChI is InChI=1S/C25H27N3O4S/c1-26(2)23-11-5-9-21-20(23)8-6-12-24(21)28(33(30)31)15-13-19(14-16-28)27-22-10-4-3-7-18(22)17-32-25(27)29/h3-12,19H,13-17H2,1-2H3/p+1. The van der Waals surface area contributed by atoms with Crippen molar-refractivity contribution in [3.05, 3.63) is 66.2 Å². The fourth-order valence-electron chi connectivity index (χ4n) is 5.25. The van der Waals surface area contributed by atoms with Gasteiger partial charge in [0, 0.05) is 55.0 Å². The topological polar surface area (TPSA) is 70.1 Å². The zero-order chi connectivity index (χ0) is 23.2. The molecule has 7 nitrogen and oxygen atoms in total. The van der Waals surface area contributed by atoms with Gasteiger partial charge in [-0.25, -0.2) is 4.79 Å². The number of cyclic esters (lactones) is 1. The third-order valence-electron chi connectivity index (χ3n) is 6.91. The molecular formula is C25H28N3O4S+. The molecule has 3 aromatic carbocycles. The maximum atomic E-state index is 12.9. The van der Waals surface area contributed by atoms with Crippen molar-refractivity contribution in [1.82, 2.24) is 3.89 Å². The highest BCUT2D eigenvalue weighted by Gasteiger charge is 2.46. The molecule has 0 saturated carbocycles. The zero-order valence-corrected chi connectivity index (χ0v) is 19.6. The normalized spacial score (nSPS) is 23.7. The largest absolute Gasteiger partial charge is 0.444 e. The van der Waals surface area contributed by atoms with Gasteiger partial charge in [-0.05, 0) is 18.2 Å². The number of amides is 1. The molecule has 3 aromatic rings. The molecule has 2 heterocycles. The summed E-state index contributed by atoms with van der Waals surface area (Å²) in [6, 6.07) is 19.7. The van der Waals surface area contributed by atoms with E-state index in [2.05, 4.69) is 17.0 Å². The van der Waals surface area contributed by atoms with E-state index in [0.717, 1.165) is 33.4 Å². The third-order valence-corrected chi connectivity index (χ3v) is 8.07. The van der Waals surface area contributed by atoms with Gasteiger partial charge in [-0.1, -0.05) is 36.4 Å². The number of carbonyl (C=O) groups is 1. The summed E-state index contributed by atoms with van der Waals surface area (Å²) < 4.78 is 28.8. The zero-order valence-electron chi connectivity index (χ0n) is 18.8. The van der Waals surface area contributed by atoms with Gasteiger partial charge in [-0.2, -0.15) is 8.10 Å². The first kappa shape index (κ1) is 21.9. The van der Waals surface area contributed by atoms with Gasteiger partial charge in [-0.3, -0.25) is 9.45 Å². The predicted molar refractivity (Wildman–Crippen MR) is 133 cm³/mol. The Labute approximate surface area is 196 Å². The highest BCUT2D eigenvalue weighted by Crippen LogP contribution is 2.41. The monoisotopic (exact) mass is 466 g/mol. The van der Waals surface area contributed by atoms with E-state index in [-0.39, 0.29) is 22.6 Å². The Balaban J connectivity index is 1.51. The molecule has 0 aromatic heterocycles. The van der Waals surface area contributed by atoms with Gasteiger partial charge in [0.1, 0.15) is 19.7 Å². The van der Waals surface area contributed by atoms with Crippen molar-refractivity contribution in [2.75, 3.05) is 37.0 Å². The Morgan fingerprint density at radius 1 is 1.00 bits per heavy atom. The fraction of sp³-hybridized carbons (Fsp3) is 0.320. The summed E-state index contributed by atoms with van der Waals surface area (Å²) in [5, 5.41) is 2.03. The van der Waals surface area contributed by atoms with Crippen molar-refractivity contribution in [2.45, 2.75) is 25.5 Å². The first-order valence-electron chi connectivity index (χ1n) is 11.1. The predicted octanol–water partition coefficient (Wildman–Crippen LogP) is 4.67. The van der Waals surface area contributed by atoms with Crippen molar-refractivity contribution >= 4 is 45.2 Å². The summed E-state index contributed by atoms with van der Waals surface area (Å²) in [4.78, 5) is 16.5. The van der Waals surface area contributed by atoms with Crippen molar-refractivity contribution in [1.29, 1.82) is 0 Å². The first-order valence-corrected chi connectivity index (χ1v) is 12.2. The third kappa shape index (κ3) is 3.58. The number of hydrogen-bond acceptors (Lipinski definition) is 4. The minimum Gasteiger partial charge on any atom is -0.444 e. The van der Waals surface area contributed by atoms with Gasteiger partial charge in [-0.15, -0.1) is 0 Å². The van der Waals surface area contributed by atoms with Crippen molar-refractivity contribution in [3.63, 3.8) is 0 Å². The SMILES string of the molecule is CN(C)c1cccc2c([N+]3(S(=O)O)CCC(N4C(=O)OCc5ccccc54)CC3)cccc12. The first-order chi connectivity index (χ1) is 15.9. The van der Waals surface area contributed by atoms with Gasteiger partial charge in [0.25, 0.3) is 0 Å². The van der Waals surface area contributed by atoms with Crippen LogP contribution in [0.5, 0.6) is 0 Å². The minimum absolute atomic E-state index is 0.0325. The molecule has 1 unspecified atom stereocenters. The highest BCUT2D eigenvalue weighted by molar-refractivity contribution is 7.78. The lowest BCUT2D eigenvalue weighted by Gasteiger charge is -2.43. The van der Waals surface area contributed by atoms with E-state index in [1.54, 1.807) is 4.90 Å². The highest BCUT2D eigenvalue weighted by atomic mass is 32.2. The molecule has 1 amide bonds. The number of hydrogen-bond donors (Lipinski definition) is 1. The van der Waals surface area contributed by atoms with Crippen LogP contribution < -0.4 is 13.7 Å². The average Bonchev–Trinajstić information content (AvgIpc) is 2.83. The molecule has 0 spiro atoms. The van der Waals surface area contributed by atoms with Crippen LogP contribution in [0.3, 0.4) is 0 Å². The molecular weight excluding hydrogens is 438 g/mol. The molecule has 0 aliphatic carbocycles. The molecule has 1 fully saturated rings. The van der Waals surface area contributed by atoms with Crippen LogP contribution in [0.15, 0.2) is 60.7 Å². The maximum Gasteiger partial charge on any atom is 0.414 e. The quantitative estimate of drug-likeness (QED) is 0.447. The van der Waals surface area contributed by atoms with Crippen molar-refractivity contribution in [2.24, 2.45) is 0 Å². The molecule has 2 aliphatic rings. The van der Waals surface area contributed by atoms with Crippen LogP contribution in [0.1, 0.15) is 18.4 Å². The fourth-order valence-corrected chi connectivity index (χ4v) is 6.10. The molecule has 2 aliphatic heterocycles. The summed E-state index contributed by atoms with van der Waals surface area (Å²) in [7, 11) is 3.99. The van der Waals surface area contributed by atoms with E-state index in [1.165, 1.54) is 0 Å². The second-order valence-corrected chi connectivity index (χ2v) is 10.1. The maximum absolute atomic E-state index is 12.9. The molecule has 8 heteroatoms. The number of benzene rings is 3. The number of piperidine rings is 1. The van der Waals surface area contributed by atoms with Gasteiger partial charge in [0.2, 0.25) is 0 Å². The van der Waals surface area contributed by atoms with Crippen LogP contribution in [-0.4, -0.2) is 48.1 Å². The smallest absolute Gasteiger partial charge is 0.414 e. The number of ether oxygens (including phenoxy) is 1.